The Kier molecular flexibility index (Phi) is 6.69. The average molecular weight is 308 g/mol. The largest absolute Gasteiger partial charge is 0.490 e. The Morgan fingerprint density at radius 3 is 2.23 bits per heavy atom. The molecule has 0 aliphatic heterocycles. The molecule has 6 nitrogen and oxygen atoms in total. The Morgan fingerprint density at radius 1 is 1.14 bits per heavy atom. The summed E-state index contributed by atoms with van der Waals surface area (Å²) < 4.78 is 11.0. The first kappa shape index (κ1) is 17.8. The van der Waals surface area contributed by atoms with Crippen molar-refractivity contribution in [2.75, 3.05) is 19.8 Å². The molecule has 2 amide bonds. The number of rotatable bonds is 8. The molecule has 0 aliphatic rings. The van der Waals surface area contributed by atoms with Crippen molar-refractivity contribution in [3.8, 4) is 11.5 Å². The van der Waals surface area contributed by atoms with Crippen molar-refractivity contribution in [2.24, 2.45) is 5.73 Å². The number of carbonyl (C=O) groups excluding carboxylic acids is 2. The summed E-state index contributed by atoms with van der Waals surface area (Å²) in [5.74, 6) is 0.292. The summed E-state index contributed by atoms with van der Waals surface area (Å²) in [5, 5.41) is 0. The van der Waals surface area contributed by atoms with Crippen LogP contribution in [-0.2, 0) is 4.79 Å². The first-order valence-electron chi connectivity index (χ1n) is 7.39. The molecule has 1 aromatic rings. The van der Waals surface area contributed by atoms with Gasteiger partial charge in [-0.1, -0.05) is 0 Å². The highest BCUT2D eigenvalue weighted by atomic mass is 16.5. The van der Waals surface area contributed by atoms with E-state index in [0.717, 1.165) is 0 Å². The highest BCUT2D eigenvalue weighted by molar-refractivity contribution is 5.97. The summed E-state index contributed by atoms with van der Waals surface area (Å²) in [4.78, 5) is 25.1. The van der Waals surface area contributed by atoms with Gasteiger partial charge in [-0.15, -0.1) is 0 Å². The Labute approximate surface area is 131 Å². The SMILES string of the molecule is CCOc1ccc(C(=O)N(CC(N)=O)C(C)C)cc1OCC. The molecule has 0 saturated heterocycles. The number of carbonyl (C=O) groups is 2. The lowest BCUT2D eigenvalue weighted by atomic mass is 10.1. The Morgan fingerprint density at radius 2 is 1.73 bits per heavy atom. The summed E-state index contributed by atoms with van der Waals surface area (Å²) in [5.41, 5.74) is 5.64. The van der Waals surface area contributed by atoms with Crippen LogP contribution in [0.3, 0.4) is 0 Å². The van der Waals surface area contributed by atoms with Crippen LogP contribution in [0.2, 0.25) is 0 Å². The van der Waals surface area contributed by atoms with Crippen molar-refractivity contribution in [3.63, 3.8) is 0 Å². The molecule has 0 aromatic heterocycles. The van der Waals surface area contributed by atoms with Crippen LogP contribution in [0.25, 0.3) is 0 Å². The van der Waals surface area contributed by atoms with Gasteiger partial charge in [0, 0.05) is 11.6 Å². The van der Waals surface area contributed by atoms with Crippen LogP contribution < -0.4 is 15.2 Å². The van der Waals surface area contributed by atoms with E-state index in [4.69, 9.17) is 15.2 Å². The number of amides is 2. The number of ether oxygens (including phenoxy) is 2. The van der Waals surface area contributed by atoms with E-state index in [9.17, 15) is 9.59 Å². The molecular formula is C16H24N2O4. The molecule has 0 bridgehead atoms. The molecule has 0 atom stereocenters. The van der Waals surface area contributed by atoms with E-state index >= 15 is 0 Å². The topological polar surface area (TPSA) is 81.9 Å². The molecule has 0 fully saturated rings. The highest BCUT2D eigenvalue weighted by Crippen LogP contribution is 2.29. The minimum atomic E-state index is -0.544. The molecular weight excluding hydrogens is 284 g/mol. The number of hydrogen-bond acceptors (Lipinski definition) is 4. The fourth-order valence-corrected chi connectivity index (χ4v) is 2.01. The molecule has 0 spiro atoms. The maximum atomic E-state index is 12.6. The van der Waals surface area contributed by atoms with E-state index in [1.165, 1.54) is 4.90 Å². The van der Waals surface area contributed by atoms with E-state index in [0.29, 0.717) is 30.3 Å². The molecule has 1 aromatic carbocycles. The van der Waals surface area contributed by atoms with Gasteiger partial charge in [0.1, 0.15) is 0 Å². The van der Waals surface area contributed by atoms with Crippen molar-refractivity contribution in [2.45, 2.75) is 33.7 Å². The smallest absolute Gasteiger partial charge is 0.254 e. The van der Waals surface area contributed by atoms with Gasteiger partial charge in [0.2, 0.25) is 5.91 Å². The lowest BCUT2D eigenvalue weighted by molar-refractivity contribution is -0.119. The van der Waals surface area contributed by atoms with Crippen molar-refractivity contribution < 1.29 is 19.1 Å². The predicted molar refractivity (Wildman–Crippen MR) is 84.1 cm³/mol. The molecule has 6 heteroatoms. The van der Waals surface area contributed by atoms with Crippen molar-refractivity contribution in [1.29, 1.82) is 0 Å². The van der Waals surface area contributed by atoms with Crippen molar-refractivity contribution in [3.05, 3.63) is 23.8 Å². The summed E-state index contributed by atoms with van der Waals surface area (Å²) >= 11 is 0. The fraction of sp³-hybridized carbons (Fsp3) is 0.500. The second-order valence-electron chi connectivity index (χ2n) is 5.02. The second kappa shape index (κ2) is 8.26. The number of nitrogens with two attached hydrogens (primary N) is 1. The summed E-state index contributed by atoms with van der Waals surface area (Å²) in [6.45, 7) is 8.26. The van der Waals surface area contributed by atoms with Gasteiger partial charge in [-0.05, 0) is 45.9 Å². The summed E-state index contributed by atoms with van der Waals surface area (Å²) in [6.07, 6.45) is 0. The number of hydrogen-bond donors (Lipinski definition) is 1. The van der Waals surface area contributed by atoms with Crippen molar-refractivity contribution >= 4 is 11.8 Å². The minimum Gasteiger partial charge on any atom is -0.490 e. The molecule has 0 aliphatic carbocycles. The van der Waals surface area contributed by atoms with Crippen LogP contribution in [0.4, 0.5) is 0 Å². The van der Waals surface area contributed by atoms with E-state index in [-0.39, 0.29) is 18.5 Å². The molecule has 0 heterocycles. The molecule has 1 rings (SSSR count). The van der Waals surface area contributed by atoms with Crippen LogP contribution in [0.15, 0.2) is 18.2 Å². The molecule has 2 N–H and O–H groups in total. The van der Waals surface area contributed by atoms with Crippen LogP contribution in [0.1, 0.15) is 38.1 Å². The van der Waals surface area contributed by atoms with E-state index in [1.54, 1.807) is 18.2 Å². The standard InChI is InChI=1S/C16H24N2O4/c1-5-21-13-8-7-12(9-14(13)22-6-2)16(20)18(11(3)4)10-15(17)19/h7-9,11H,5-6,10H2,1-4H3,(H2,17,19). The van der Waals surface area contributed by atoms with Crippen molar-refractivity contribution in [1.82, 2.24) is 4.90 Å². The Bertz CT molecular complexity index is 529. The zero-order chi connectivity index (χ0) is 16.7. The quantitative estimate of drug-likeness (QED) is 0.794. The zero-order valence-electron chi connectivity index (χ0n) is 13.6. The Balaban J connectivity index is 3.10. The van der Waals surface area contributed by atoms with Gasteiger partial charge in [-0.2, -0.15) is 0 Å². The third-order valence-corrected chi connectivity index (χ3v) is 3.00. The zero-order valence-corrected chi connectivity index (χ0v) is 13.6. The minimum absolute atomic E-state index is 0.117. The van der Waals surface area contributed by atoms with Gasteiger partial charge in [-0.3, -0.25) is 9.59 Å². The summed E-state index contributed by atoms with van der Waals surface area (Å²) in [7, 11) is 0. The third-order valence-electron chi connectivity index (χ3n) is 3.00. The molecule has 0 saturated carbocycles. The predicted octanol–water partition coefficient (Wildman–Crippen LogP) is 1.82. The first-order chi connectivity index (χ1) is 10.4. The van der Waals surface area contributed by atoms with E-state index < -0.39 is 5.91 Å². The molecule has 0 radical (unpaired) electrons. The second-order valence-corrected chi connectivity index (χ2v) is 5.02. The maximum Gasteiger partial charge on any atom is 0.254 e. The number of nitrogens with zero attached hydrogens (tertiary/aromatic N) is 1. The van der Waals surface area contributed by atoms with E-state index in [2.05, 4.69) is 0 Å². The number of primary amides is 1. The van der Waals surface area contributed by atoms with Crippen LogP contribution >= 0.6 is 0 Å². The number of benzene rings is 1. The van der Waals surface area contributed by atoms with Gasteiger partial charge in [-0.25, -0.2) is 0 Å². The monoisotopic (exact) mass is 308 g/mol. The Hall–Kier alpha value is -2.24. The van der Waals surface area contributed by atoms with Crippen LogP contribution in [-0.4, -0.2) is 42.5 Å². The molecule has 122 valence electrons. The van der Waals surface area contributed by atoms with E-state index in [1.807, 2.05) is 27.7 Å². The van der Waals surface area contributed by atoms with Gasteiger partial charge >= 0.3 is 0 Å². The lowest BCUT2D eigenvalue weighted by Gasteiger charge is -2.25. The van der Waals surface area contributed by atoms with Gasteiger partial charge < -0.3 is 20.1 Å². The van der Waals surface area contributed by atoms with Gasteiger partial charge in [0.15, 0.2) is 11.5 Å². The third kappa shape index (κ3) is 4.65. The normalized spacial score (nSPS) is 10.4. The van der Waals surface area contributed by atoms with Gasteiger partial charge in [0.25, 0.3) is 5.91 Å². The highest BCUT2D eigenvalue weighted by Gasteiger charge is 2.21. The fourth-order valence-electron chi connectivity index (χ4n) is 2.01. The first-order valence-corrected chi connectivity index (χ1v) is 7.39. The van der Waals surface area contributed by atoms with Gasteiger partial charge in [0.05, 0.1) is 19.8 Å². The summed E-state index contributed by atoms with van der Waals surface area (Å²) in [6, 6.07) is 4.85. The van der Waals surface area contributed by atoms with Crippen LogP contribution in [0, 0.1) is 0 Å². The maximum absolute atomic E-state index is 12.6. The van der Waals surface area contributed by atoms with Crippen LogP contribution in [0.5, 0.6) is 11.5 Å². The lowest BCUT2D eigenvalue weighted by Crippen LogP contribution is -2.42. The molecule has 0 unspecified atom stereocenters. The molecule has 22 heavy (non-hydrogen) atoms. The average Bonchev–Trinajstić information content (AvgIpc) is 2.46.